The number of aromatic nitrogens is 1. The first-order valence-corrected chi connectivity index (χ1v) is 3.84. The minimum atomic E-state index is -0.348. The lowest BCUT2D eigenvalue weighted by molar-refractivity contribution is -0.139. The number of hydrogen-bond acceptors (Lipinski definition) is 4. The van der Waals surface area contributed by atoms with Crippen molar-refractivity contribution in [2.75, 3.05) is 7.11 Å². The van der Waals surface area contributed by atoms with E-state index in [9.17, 15) is 9.59 Å². The highest BCUT2D eigenvalue weighted by molar-refractivity contribution is 7.07. The fourth-order valence-corrected chi connectivity index (χ4v) is 1.21. The molecule has 0 aromatic carbocycles. The van der Waals surface area contributed by atoms with Crippen molar-refractivity contribution in [1.82, 2.24) is 4.98 Å². The van der Waals surface area contributed by atoms with E-state index in [1.165, 1.54) is 7.11 Å². The second-order valence-electron chi connectivity index (χ2n) is 1.93. The number of ether oxygens (including phenoxy) is 1. The number of esters is 1. The van der Waals surface area contributed by atoms with Gasteiger partial charge in [-0.05, 0) is 0 Å². The van der Waals surface area contributed by atoms with Crippen LogP contribution in [0.2, 0.25) is 0 Å². The molecule has 1 rings (SSSR count). The van der Waals surface area contributed by atoms with Gasteiger partial charge in [-0.15, -0.1) is 0 Å². The monoisotopic (exact) mass is 173 g/mol. The standard InChI is InChI=1S/C6H7NO3S/c1-10-5(8)2-4-3-11-6(9)7-4/h3H,2H2,1H3,(H,7,9). The summed E-state index contributed by atoms with van der Waals surface area (Å²) in [5.41, 5.74) is 0.604. The molecular formula is C6H7NO3S. The van der Waals surface area contributed by atoms with Gasteiger partial charge < -0.3 is 9.72 Å². The Morgan fingerprint density at radius 1 is 1.82 bits per heavy atom. The average molecular weight is 173 g/mol. The Bertz CT molecular complexity index is 301. The summed E-state index contributed by atoms with van der Waals surface area (Å²) in [5.74, 6) is -0.348. The van der Waals surface area contributed by atoms with Crippen LogP contribution in [-0.4, -0.2) is 18.1 Å². The van der Waals surface area contributed by atoms with Gasteiger partial charge in [0.05, 0.1) is 13.5 Å². The SMILES string of the molecule is COC(=O)Cc1csc(=O)[nH]1. The van der Waals surface area contributed by atoms with E-state index in [1.807, 2.05) is 0 Å². The van der Waals surface area contributed by atoms with Crippen molar-refractivity contribution in [3.63, 3.8) is 0 Å². The molecule has 0 fully saturated rings. The Hall–Kier alpha value is -1.10. The van der Waals surface area contributed by atoms with Crippen LogP contribution in [0.15, 0.2) is 10.2 Å². The highest BCUT2D eigenvalue weighted by Crippen LogP contribution is 1.97. The Morgan fingerprint density at radius 3 is 3.00 bits per heavy atom. The van der Waals surface area contributed by atoms with Gasteiger partial charge in [-0.3, -0.25) is 9.59 Å². The van der Waals surface area contributed by atoms with Gasteiger partial charge in [-0.1, -0.05) is 11.3 Å². The summed E-state index contributed by atoms with van der Waals surface area (Å²) in [4.78, 5) is 23.6. The van der Waals surface area contributed by atoms with Crippen LogP contribution in [-0.2, 0) is 16.0 Å². The topological polar surface area (TPSA) is 59.2 Å². The molecular weight excluding hydrogens is 166 g/mol. The van der Waals surface area contributed by atoms with Gasteiger partial charge in [0.1, 0.15) is 0 Å². The normalized spacial score (nSPS) is 9.55. The minimum Gasteiger partial charge on any atom is -0.469 e. The van der Waals surface area contributed by atoms with Gasteiger partial charge >= 0.3 is 10.8 Å². The van der Waals surface area contributed by atoms with E-state index in [0.717, 1.165) is 11.3 Å². The molecule has 0 amide bonds. The third-order valence-electron chi connectivity index (χ3n) is 1.13. The maximum absolute atomic E-state index is 10.7. The number of thiazole rings is 1. The van der Waals surface area contributed by atoms with Crippen LogP contribution in [0.1, 0.15) is 5.69 Å². The molecule has 1 aromatic heterocycles. The van der Waals surface area contributed by atoms with E-state index in [-0.39, 0.29) is 17.3 Å². The third-order valence-corrected chi connectivity index (χ3v) is 1.85. The van der Waals surface area contributed by atoms with Crippen LogP contribution in [0.25, 0.3) is 0 Å². The van der Waals surface area contributed by atoms with Crippen LogP contribution in [0.3, 0.4) is 0 Å². The number of H-pyrrole nitrogens is 1. The van der Waals surface area contributed by atoms with E-state index < -0.39 is 0 Å². The van der Waals surface area contributed by atoms with Crippen molar-refractivity contribution in [2.24, 2.45) is 0 Å². The molecule has 0 aliphatic heterocycles. The van der Waals surface area contributed by atoms with E-state index in [0.29, 0.717) is 5.69 Å². The van der Waals surface area contributed by atoms with Crippen molar-refractivity contribution >= 4 is 17.3 Å². The van der Waals surface area contributed by atoms with Gasteiger partial charge in [0.15, 0.2) is 0 Å². The molecule has 4 nitrogen and oxygen atoms in total. The maximum atomic E-state index is 10.7. The van der Waals surface area contributed by atoms with Crippen molar-refractivity contribution < 1.29 is 9.53 Å². The van der Waals surface area contributed by atoms with Crippen LogP contribution in [0.5, 0.6) is 0 Å². The van der Waals surface area contributed by atoms with Crippen molar-refractivity contribution in [3.8, 4) is 0 Å². The number of aromatic amines is 1. The Kier molecular flexibility index (Phi) is 2.43. The minimum absolute atomic E-state index is 0.134. The first-order valence-electron chi connectivity index (χ1n) is 2.96. The molecule has 1 N–H and O–H groups in total. The molecule has 0 atom stereocenters. The molecule has 1 aromatic rings. The second-order valence-corrected chi connectivity index (χ2v) is 2.77. The average Bonchev–Trinajstić information content (AvgIpc) is 2.35. The number of hydrogen-bond donors (Lipinski definition) is 1. The maximum Gasteiger partial charge on any atom is 0.311 e. The smallest absolute Gasteiger partial charge is 0.311 e. The lowest BCUT2D eigenvalue weighted by Crippen LogP contribution is -2.06. The van der Waals surface area contributed by atoms with Crippen LogP contribution >= 0.6 is 11.3 Å². The first kappa shape index (κ1) is 8.00. The van der Waals surface area contributed by atoms with E-state index in [1.54, 1.807) is 5.38 Å². The summed E-state index contributed by atoms with van der Waals surface area (Å²) in [6, 6.07) is 0. The van der Waals surface area contributed by atoms with Gasteiger partial charge in [0.25, 0.3) is 0 Å². The van der Waals surface area contributed by atoms with E-state index >= 15 is 0 Å². The summed E-state index contributed by atoms with van der Waals surface area (Å²) >= 11 is 1.04. The number of rotatable bonds is 2. The Morgan fingerprint density at radius 2 is 2.55 bits per heavy atom. The molecule has 11 heavy (non-hydrogen) atoms. The number of methoxy groups -OCH3 is 1. The van der Waals surface area contributed by atoms with Crippen LogP contribution in [0, 0.1) is 0 Å². The van der Waals surface area contributed by atoms with E-state index in [4.69, 9.17) is 0 Å². The molecule has 0 saturated carbocycles. The lowest BCUT2D eigenvalue weighted by atomic mass is 10.3. The van der Waals surface area contributed by atoms with Crippen molar-refractivity contribution in [2.45, 2.75) is 6.42 Å². The summed E-state index contributed by atoms with van der Waals surface area (Å²) in [6.07, 6.45) is 0.134. The predicted molar refractivity (Wildman–Crippen MR) is 40.7 cm³/mol. The van der Waals surface area contributed by atoms with Gasteiger partial charge in [-0.2, -0.15) is 0 Å². The molecule has 0 aliphatic carbocycles. The molecule has 0 radical (unpaired) electrons. The first-order chi connectivity index (χ1) is 5.22. The fourth-order valence-electron chi connectivity index (χ4n) is 0.628. The van der Waals surface area contributed by atoms with Gasteiger partial charge in [0.2, 0.25) is 0 Å². The van der Waals surface area contributed by atoms with Crippen LogP contribution in [0.4, 0.5) is 0 Å². The zero-order valence-corrected chi connectivity index (χ0v) is 6.73. The number of nitrogens with one attached hydrogen (secondary N) is 1. The van der Waals surface area contributed by atoms with Gasteiger partial charge in [0, 0.05) is 11.1 Å². The molecule has 5 heteroatoms. The second kappa shape index (κ2) is 3.34. The fraction of sp³-hybridized carbons (Fsp3) is 0.333. The number of carbonyl (C=O) groups excluding carboxylic acids is 1. The molecule has 0 spiro atoms. The molecule has 60 valence electrons. The van der Waals surface area contributed by atoms with Crippen molar-refractivity contribution in [1.29, 1.82) is 0 Å². The van der Waals surface area contributed by atoms with Gasteiger partial charge in [-0.25, -0.2) is 0 Å². The summed E-state index contributed by atoms with van der Waals surface area (Å²) in [7, 11) is 1.31. The predicted octanol–water partition coefficient (Wildman–Crippen LogP) is 0.152. The largest absolute Gasteiger partial charge is 0.469 e. The molecule has 1 heterocycles. The molecule has 0 aliphatic rings. The Labute approximate surface area is 66.8 Å². The number of carbonyl (C=O) groups is 1. The molecule has 0 saturated heterocycles. The van der Waals surface area contributed by atoms with Crippen molar-refractivity contribution in [3.05, 3.63) is 20.7 Å². The molecule has 0 bridgehead atoms. The highest BCUT2D eigenvalue weighted by Gasteiger charge is 2.03. The zero-order chi connectivity index (χ0) is 8.27. The van der Waals surface area contributed by atoms with Crippen LogP contribution < -0.4 is 4.87 Å². The third kappa shape index (κ3) is 2.19. The van der Waals surface area contributed by atoms with E-state index in [2.05, 4.69) is 9.72 Å². The lowest BCUT2D eigenvalue weighted by Gasteiger charge is -1.93. The Balaban J connectivity index is 2.65. The zero-order valence-electron chi connectivity index (χ0n) is 5.92. The summed E-state index contributed by atoms with van der Waals surface area (Å²) < 4.78 is 4.41. The quantitative estimate of drug-likeness (QED) is 0.648. The summed E-state index contributed by atoms with van der Waals surface area (Å²) in [5, 5.41) is 1.61. The summed E-state index contributed by atoms with van der Waals surface area (Å²) in [6.45, 7) is 0. The molecule has 0 unspecified atom stereocenters. The highest BCUT2D eigenvalue weighted by atomic mass is 32.1.